The summed E-state index contributed by atoms with van der Waals surface area (Å²) in [5.74, 6) is 0.0336. The molecule has 5 fully saturated rings. The summed E-state index contributed by atoms with van der Waals surface area (Å²) in [4.78, 5) is 26.8. The van der Waals surface area contributed by atoms with Crippen LogP contribution < -0.4 is 5.32 Å². The highest BCUT2D eigenvalue weighted by Crippen LogP contribution is 2.61. The third kappa shape index (κ3) is 2.41. The number of hydrogen-bond acceptors (Lipinski definition) is 2. The van der Waals surface area contributed by atoms with E-state index in [1.165, 1.54) is 12.1 Å². The van der Waals surface area contributed by atoms with Crippen LogP contribution in [0.5, 0.6) is 0 Å². The number of halogens is 1. The average Bonchev–Trinajstić information content (AvgIpc) is 2.90. The van der Waals surface area contributed by atoms with E-state index < -0.39 is 16.9 Å². The van der Waals surface area contributed by atoms with Crippen LogP contribution in [-0.4, -0.2) is 34.6 Å². The molecule has 27 heavy (non-hydrogen) atoms. The van der Waals surface area contributed by atoms with Gasteiger partial charge in [-0.05, 0) is 74.5 Å². The van der Waals surface area contributed by atoms with E-state index in [-0.39, 0.29) is 29.7 Å². The summed E-state index contributed by atoms with van der Waals surface area (Å²) in [5, 5.41) is 12.9. The van der Waals surface area contributed by atoms with Crippen molar-refractivity contribution in [2.75, 3.05) is 6.54 Å². The first-order valence-electron chi connectivity index (χ1n) is 9.88. The second kappa shape index (κ2) is 5.46. The molecule has 0 aromatic heterocycles. The van der Waals surface area contributed by atoms with Gasteiger partial charge in [0.1, 0.15) is 5.82 Å². The Labute approximate surface area is 157 Å². The lowest BCUT2D eigenvalue weighted by Gasteiger charge is -2.59. The minimum Gasteiger partial charge on any atom is -0.481 e. The predicted molar refractivity (Wildman–Crippen MR) is 96.4 cm³/mol. The topological polar surface area (TPSA) is 69.6 Å². The monoisotopic (exact) mass is 372 g/mol. The number of urea groups is 1. The van der Waals surface area contributed by atoms with Gasteiger partial charge in [-0.2, -0.15) is 0 Å². The number of carboxylic acids is 1. The minimum absolute atomic E-state index is 0.101. The lowest BCUT2D eigenvalue weighted by Crippen LogP contribution is -2.61. The molecule has 1 aliphatic heterocycles. The fraction of sp³-hybridized carbons (Fsp3) is 0.619. The third-order valence-corrected chi connectivity index (χ3v) is 7.63. The molecule has 6 rings (SSSR count). The molecule has 1 aromatic carbocycles. The normalized spacial score (nSPS) is 42.4. The van der Waals surface area contributed by atoms with Crippen molar-refractivity contribution in [2.24, 2.45) is 23.2 Å². The highest BCUT2D eigenvalue weighted by Gasteiger charge is 2.61. The molecular formula is C21H25FN2O3. The number of hydrogen-bond donors (Lipinski definition) is 2. The Morgan fingerprint density at radius 2 is 1.96 bits per heavy atom. The van der Waals surface area contributed by atoms with Gasteiger partial charge in [-0.25, -0.2) is 9.18 Å². The molecule has 4 saturated carbocycles. The molecule has 4 bridgehead atoms. The quantitative estimate of drug-likeness (QED) is 0.855. The van der Waals surface area contributed by atoms with Crippen molar-refractivity contribution in [3.05, 3.63) is 35.6 Å². The smallest absolute Gasteiger partial charge is 0.318 e. The Bertz CT molecular complexity index is 811. The SMILES string of the molecule is C[C@@]1(c2cccc(F)c2)CN(C2C3CC4CC2CC(C(=O)O)(C4)C3)C(=O)N1. The fourth-order valence-electron chi connectivity index (χ4n) is 6.76. The molecule has 2 amide bonds. The van der Waals surface area contributed by atoms with Crippen LogP contribution in [0, 0.1) is 29.0 Å². The largest absolute Gasteiger partial charge is 0.481 e. The molecule has 144 valence electrons. The summed E-state index contributed by atoms with van der Waals surface area (Å²) in [6.07, 6.45) is 4.21. The van der Waals surface area contributed by atoms with Crippen LogP contribution >= 0.6 is 0 Å². The van der Waals surface area contributed by atoms with Crippen molar-refractivity contribution < 1.29 is 19.1 Å². The standard InChI is InChI=1S/C21H25FN2O3/c1-20(15-3-2-4-16(22)7-15)11-24(19(27)23-20)17-13-5-12-6-14(17)10-21(8-12,9-13)18(25)26/h2-4,7,12-14,17H,5-6,8-11H2,1H3,(H,23,27)(H,25,26)/t12?,13?,14?,17?,20-,21?/m0/s1. The van der Waals surface area contributed by atoms with Crippen molar-refractivity contribution in [1.82, 2.24) is 10.2 Å². The maximum atomic E-state index is 13.7. The zero-order valence-corrected chi connectivity index (χ0v) is 15.5. The third-order valence-electron chi connectivity index (χ3n) is 7.63. The Balaban J connectivity index is 1.43. The first-order chi connectivity index (χ1) is 12.8. The van der Waals surface area contributed by atoms with Crippen LogP contribution in [0.1, 0.15) is 44.6 Å². The molecule has 6 heteroatoms. The average molecular weight is 372 g/mol. The molecule has 2 unspecified atom stereocenters. The molecule has 5 aliphatic rings. The van der Waals surface area contributed by atoms with E-state index in [2.05, 4.69) is 5.32 Å². The highest BCUT2D eigenvalue weighted by molar-refractivity contribution is 5.79. The Kier molecular flexibility index (Phi) is 3.44. The maximum Gasteiger partial charge on any atom is 0.318 e. The number of benzene rings is 1. The number of aliphatic carboxylic acids is 1. The summed E-state index contributed by atoms with van der Waals surface area (Å²) in [6, 6.07) is 6.41. The number of nitrogens with zero attached hydrogens (tertiary/aromatic N) is 1. The van der Waals surface area contributed by atoms with Crippen LogP contribution in [0.15, 0.2) is 24.3 Å². The number of rotatable bonds is 3. The molecule has 0 spiro atoms. The van der Waals surface area contributed by atoms with Crippen LogP contribution in [0.2, 0.25) is 0 Å². The van der Waals surface area contributed by atoms with Crippen LogP contribution in [0.4, 0.5) is 9.18 Å². The van der Waals surface area contributed by atoms with E-state index in [9.17, 15) is 19.1 Å². The van der Waals surface area contributed by atoms with Gasteiger partial charge in [-0.15, -0.1) is 0 Å². The van der Waals surface area contributed by atoms with Gasteiger partial charge in [0.2, 0.25) is 0 Å². The molecule has 5 nitrogen and oxygen atoms in total. The Morgan fingerprint density at radius 3 is 2.59 bits per heavy atom. The van der Waals surface area contributed by atoms with Crippen molar-refractivity contribution in [1.29, 1.82) is 0 Å². The van der Waals surface area contributed by atoms with Gasteiger partial charge in [0.15, 0.2) is 0 Å². The highest BCUT2D eigenvalue weighted by atomic mass is 19.1. The summed E-state index contributed by atoms with van der Waals surface area (Å²) >= 11 is 0. The van der Waals surface area contributed by atoms with Crippen molar-refractivity contribution in [3.63, 3.8) is 0 Å². The van der Waals surface area contributed by atoms with E-state index in [1.54, 1.807) is 6.07 Å². The van der Waals surface area contributed by atoms with E-state index in [1.807, 2.05) is 17.9 Å². The molecule has 1 saturated heterocycles. The van der Waals surface area contributed by atoms with Gasteiger partial charge in [-0.1, -0.05) is 12.1 Å². The van der Waals surface area contributed by atoms with Gasteiger partial charge in [0.05, 0.1) is 11.0 Å². The molecular weight excluding hydrogens is 347 g/mol. The first kappa shape index (κ1) is 17.0. The lowest BCUT2D eigenvalue weighted by atomic mass is 9.47. The Hall–Kier alpha value is -2.11. The molecule has 1 aromatic rings. The molecule has 3 atom stereocenters. The number of nitrogens with one attached hydrogen (secondary N) is 1. The summed E-state index contributed by atoms with van der Waals surface area (Å²) in [7, 11) is 0. The summed E-state index contributed by atoms with van der Waals surface area (Å²) in [6.45, 7) is 2.44. The molecule has 0 radical (unpaired) electrons. The number of carboxylic acid groups (broad SMARTS) is 1. The first-order valence-corrected chi connectivity index (χ1v) is 9.88. The number of carbonyl (C=O) groups is 2. The van der Waals surface area contributed by atoms with E-state index in [0.29, 0.717) is 25.3 Å². The van der Waals surface area contributed by atoms with Gasteiger partial charge < -0.3 is 15.3 Å². The van der Waals surface area contributed by atoms with Gasteiger partial charge in [0.25, 0.3) is 0 Å². The second-order valence-corrected chi connectivity index (χ2v) is 9.45. The molecule has 1 heterocycles. The van der Waals surface area contributed by atoms with Crippen molar-refractivity contribution in [3.8, 4) is 0 Å². The number of amides is 2. The fourth-order valence-corrected chi connectivity index (χ4v) is 6.76. The van der Waals surface area contributed by atoms with E-state index in [0.717, 1.165) is 24.8 Å². The molecule has 4 aliphatic carbocycles. The van der Waals surface area contributed by atoms with Crippen LogP contribution in [0.3, 0.4) is 0 Å². The van der Waals surface area contributed by atoms with Gasteiger partial charge >= 0.3 is 12.0 Å². The Morgan fingerprint density at radius 1 is 1.26 bits per heavy atom. The zero-order valence-electron chi connectivity index (χ0n) is 15.5. The summed E-state index contributed by atoms with van der Waals surface area (Å²) < 4.78 is 13.7. The predicted octanol–water partition coefficient (Wildman–Crippen LogP) is 3.35. The van der Waals surface area contributed by atoms with Gasteiger partial charge in [-0.3, -0.25) is 4.79 Å². The number of carbonyl (C=O) groups excluding carboxylic acids is 1. The molecule has 2 N–H and O–H groups in total. The van der Waals surface area contributed by atoms with Gasteiger partial charge in [0, 0.05) is 12.6 Å². The zero-order chi connectivity index (χ0) is 19.0. The maximum absolute atomic E-state index is 13.7. The second-order valence-electron chi connectivity index (χ2n) is 9.45. The van der Waals surface area contributed by atoms with E-state index >= 15 is 0 Å². The van der Waals surface area contributed by atoms with Crippen molar-refractivity contribution in [2.45, 2.75) is 50.6 Å². The van der Waals surface area contributed by atoms with Crippen LogP contribution in [-0.2, 0) is 10.3 Å². The summed E-state index contributed by atoms with van der Waals surface area (Å²) in [5.41, 5.74) is -0.433. The lowest BCUT2D eigenvalue weighted by molar-refractivity contribution is -0.170. The minimum atomic E-state index is -0.657. The van der Waals surface area contributed by atoms with Crippen LogP contribution in [0.25, 0.3) is 0 Å². The van der Waals surface area contributed by atoms with E-state index in [4.69, 9.17) is 0 Å². The van der Waals surface area contributed by atoms with Crippen molar-refractivity contribution >= 4 is 12.0 Å².